The van der Waals surface area contributed by atoms with Crippen LogP contribution in [0.25, 0.3) is 20.4 Å². The lowest BCUT2D eigenvalue weighted by Crippen LogP contribution is -2.16. The summed E-state index contributed by atoms with van der Waals surface area (Å²) in [6, 6.07) is 8.96. The minimum Gasteiger partial charge on any atom is -0.315 e. The SMILES string of the molecule is CCn1c(=NC(=O)c2ccc3ncsc3c2)sc2cc(Cl)cc(Cl)c21. The molecule has 0 unspecified atom stereocenters. The third kappa shape index (κ3) is 3.00. The summed E-state index contributed by atoms with van der Waals surface area (Å²) in [6.45, 7) is 2.64. The van der Waals surface area contributed by atoms with Gasteiger partial charge in [0.15, 0.2) is 4.80 Å². The topological polar surface area (TPSA) is 47.2 Å². The van der Waals surface area contributed by atoms with Gasteiger partial charge in [0, 0.05) is 17.1 Å². The zero-order valence-corrected chi connectivity index (χ0v) is 16.1. The molecule has 25 heavy (non-hydrogen) atoms. The van der Waals surface area contributed by atoms with Crippen LogP contribution in [0.2, 0.25) is 10.0 Å². The third-order valence-corrected chi connectivity index (χ3v) is 6.11. The van der Waals surface area contributed by atoms with E-state index in [4.69, 9.17) is 23.2 Å². The number of hydrogen-bond acceptors (Lipinski definition) is 4. The molecule has 126 valence electrons. The smallest absolute Gasteiger partial charge is 0.279 e. The number of aryl methyl sites for hydroxylation is 1. The number of rotatable bonds is 2. The quantitative estimate of drug-likeness (QED) is 0.447. The summed E-state index contributed by atoms with van der Waals surface area (Å²) in [5, 5.41) is 1.12. The number of hydrogen-bond donors (Lipinski definition) is 0. The molecule has 2 aromatic carbocycles. The molecule has 0 atom stereocenters. The van der Waals surface area contributed by atoms with Crippen LogP contribution < -0.4 is 4.80 Å². The van der Waals surface area contributed by atoms with E-state index in [0.29, 0.717) is 27.0 Å². The Morgan fingerprint density at radius 1 is 1.24 bits per heavy atom. The molecular weight excluding hydrogens is 397 g/mol. The van der Waals surface area contributed by atoms with Crippen LogP contribution in [0.4, 0.5) is 0 Å². The molecule has 0 fully saturated rings. The Kier molecular flexibility index (Phi) is 4.37. The molecule has 4 aromatic rings. The fourth-order valence-corrected chi connectivity index (χ4v) is 5.24. The maximum absolute atomic E-state index is 12.6. The first-order chi connectivity index (χ1) is 12.1. The highest BCUT2D eigenvalue weighted by molar-refractivity contribution is 7.17. The van der Waals surface area contributed by atoms with Crippen LogP contribution in [0.15, 0.2) is 40.8 Å². The zero-order chi connectivity index (χ0) is 17.6. The van der Waals surface area contributed by atoms with Crippen molar-refractivity contribution in [2.24, 2.45) is 4.99 Å². The average molecular weight is 408 g/mol. The number of nitrogens with zero attached hydrogens (tertiary/aromatic N) is 3. The molecule has 4 rings (SSSR count). The Balaban J connectivity index is 1.87. The molecule has 0 aliphatic rings. The highest BCUT2D eigenvalue weighted by Crippen LogP contribution is 2.29. The van der Waals surface area contributed by atoms with Gasteiger partial charge in [-0.15, -0.1) is 11.3 Å². The van der Waals surface area contributed by atoms with E-state index < -0.39 is 0 Å². The Bertz CT molecular complexity index is 1190. The second kappa shape index (κ2) is 6.53. The number of carbonyl (C=O) groups excluding carboxylic acids is 1. The Morgan fingerprint density at radius 2 is 2.08 bits per heavy atom. The predicted molar refractivity (Wildman–Crippen MR) is 105 cm³/mol. The van der Waals surface area contributed by atoms with E-state index in [1.807, 2.05) is 29.7 Å². The maximum Gasteiger partial charge on any atom is 0.279 e. The van der Waals surface area contributed by atoms with Crippen molar-refractivity contribution in [3.63, 3.8) is 0 Å². The molecule has 2 aromatic heterocycles. The van der Waals surface area contributed by atoms with Crippen LogP contribution >= 0.6 is 45.9 Å². The van der Waals surface area contributed by atoms with Crippen LogP contribution in [0, 0.1) is 0 Å². The van der Waals surface area contributed by atoms with Crippen molar-refractivity contribution in [3.8, 4) is 0 Å². The van der Waals surface area contributed by atoms with Gasteiger partial charge in [0.25, 0.3) is 5.91 Å². The van der Waals surface area contributed by atoms with Gasteiger partial charge in [-0.3, -0.25) is 4.79 Å². The number of benzene rings is 2. The highest BCUT2D eigenvalue weighted by Gasteiger charge is 2.12. The maximum atomic E-state index is 12.6. The molecule has 2 heterocycles. The standard InChI is InChI=1S/C17H11Cl2N3OS2/c1-2-22-15-11(19)6-10(18)7-14(15)25-17(22)21-16(23)9-3-4-12-13(5-9)24-8-20-12/h3-8H,2H2,1H3. The molecule has 1 amide bonds. The average Bonchev–Trinajstić information content (AvgIpc) is 3.17. The number of amides is 1. The second-order valence-electron chi connectivity index (χ2n) is 5.32. The van der Waals surface area contributed by atoms with Gasteiger partial charge >= 0.3 is 0 Å². The first-order valence-electron chi connectivity index (χ1n) is 7.47. The number of carbonyl (C=O) groups is 1. The van der Waals surface area contributed by atoms with E-state index in [-0.39, 0.29) is 5.91 Å². The van der Waals surface area contributed by atoms with Crippen LogP contribution in [0.3, 0.4) is 0 Å². The van der Waals surface area contributed by atoms with E-state index in [1.165, 1.54) is 22.7 Å². The van der Waals surface area contributed by atoms with Crippen molar-refractivity contribution in [2.45, 2.75) is 13.5 Å². The van der Waals surface area contributed by atoms with E-state index >= 15 is 0 Å². The Hall–Kier alpha value is -1.73. The first kappa shape index (κ1) is 16.7. The molecule has 0 spiro atoms. The van der Waals surface area contributed by atoms with E-state index in [1.54, 1.807) is 17.6 Å². The number of fused-ring (bicyclic) bond motifs is 2. The summed E-state index contributed by atoms with van der Waals surface area (Å²) in [4.78, 5) is 21.8. The Morgan fingerprint density at radius 3 is 2.88 bits per heavy atom. The lowest BCUT2D eigenvalue weighted by molar-refractivity contribution is 0.0998. The van der Waals surface area contributed by atoms with Gasteiger partial charge in [-0.1, -0.05) is 34.5 Å². The van der Waals surface area contributed by atoms with Crippen molar-refractivity contribution in [2.75, 3.05) is 0 Å². The summed E-state index contributed by atoms with van der Waals surface area (Å²) in [5.41, 5.74) is 4.04. The fraction of sp³-hybridized carbons (Fsp3) is 0.118. The lowest BCUT2D eigenvalue weighted by atomic mass is 10.2. The van der Waals surface area contributed by atoms with Crippen molar-refractivity contribution in [1.29, 1.82) is 0 Å². The molecule has 8 heteroatoms. The van der Waals surface area contributed by atoms with Gasteiger partial charge in [0.05, 0.1) is 31.0 Å². The van der Waals surface area contributed by atoms with Gasteiger partial charge in [0.2, 0.25) is 0 Å². The zero-order valence-electron chi connectivity index (χ0n) is 13.0. The Labute approximate surface area is 161 Å². The molecule has 4 nitrogen and oxygen atoms in total. The van der Waals surface area contributed by atoms with Crippen LogP contribution in [-0.2, 0) is 6.54 Å². The first-order valence-corrected chi connectivity index (χ1v) is 9.92. The van der Waals surface area contributed by atoms with Gasteiger partial charge in [0.1, 0.15) is 0 Å². The second-order valence-corrected chi connectivity index (χ2v) is 8.05. The molecule has 0 N–H and O–H groups in total. The number of aromatic nitrogens is 2. The summed E-state index contributed by atoms with van der Waals surface area (Å²) < 4.78 is 3.81. The van der Waals surface area contributed by atoms with Gasteiger partial charge < -0.3 is 4.57 Å². The number of thiazole rings is 2. The van der Waals surface area contributed by atoms with Gasteiger partial charge in [-0.05, 0) is 37.3 Å². The molecule has 0 saturated carbocycles. The lowest BCUT2D eigenvalue weighted by Gasteiger charge is -2.02. The molecule has 0 radical (unpaired) electrons. The molecule has 0 bridgehead atoms. The van der Waals surface area contributed by atoms with Crippen molar-refractivity contribution < 1.29 is 4.79 Å². The third-order valence-electron chi connectivity index (χ3n) is 3.79. The molecular formula is C17H11Cl2N3OS2. The highest BCUT2D eigenvalue weighted by atomic mass is 35.5. The van der Waals surface area contributed by atoms with E-state index in [9.17, 15) is 4.79 Å². The van der Waals surface area contributed by atoms with E-state index in [0.717, 1.165) is 20.4 Å². The van der Waals surface area contributed by atoms with Crippen LogP contribution in [-0.4, -0.2) is 15.5 Å². The minimum atomic E-state index is -0.286. The normalized spacial score (nSPS) is 12.4. The van der Waals surface area contributed by atoms with Crippen LogP contribution in [0.5, 0.6) is 0 Å². The van der Waals surface area contributed by atoms with Crippen LogP contribution in [0.1, 0.15) is 17.3 Å². The van der Waals surface area contributed by atoms with Crippen molar-refractivity contribution in [1.82, 2.24) is 9.55 Å². The fourth-order valence-electron chi connectivity index (χ4n) is 2.65. The predicted octanol–water partition coefficient (Wildman–Crippen LogP) is 5.38. The molecule has 0 aliphatic heterocycles. The summed E-state index contributed by atoms with van der Waals surface area (Å²) in [6.07, 6.45) is 0. The minimum absolute atomic E-state index is 0.286. The largest absolute Gasteiger partial charge is 0.315 e. The molecule has 0 aliphatic carbocycles. The molecule has 0 saturated heterocycles. The monoisotopic (exact) mass is 407 g/mol. The van der Waals surface area contributed by atoms with Gasteiger partial charge in [-0.25, -0.2) is 4.98 Å². The van der Waals surface area contributed by atoms with Gasteiger partial charge in [-0.2, -0.15) is 4.99 Å². The van der Waals surface area contributed by atoms with Crippen molar-refractivity contribution >= 4 is 72.2 Å². The van der Waals surface area contributed by atoms with Crippen molar-refractivity contribution in [3.05, 3.63) is 56.3 Å². The van der Waals surface area contributed by atoms with E-state index in [2.05, 4.69) is 9.98 Å². The number of halogens is 2. The summed E-state index contributed by atoms with van der Waals surface area (Å²) in [7, 11) is 0. The summed E-state index contributed by atoms with van der Waals surface area (Å²) >= 11 is 15.3. The summed E-state index contributed by atoms with van der Waals surface area (Å²) in [5.74, 6) is -0.286.